The van der Waals surface area contributed by atoms with Crippen LogP contribution in [0.2, 0.25) is 0 Å². The van der Waals surface area contributed by atoms with E-state index < -0.39 is 0 Å². The highest BCUT2D eigenvalue weighted by Gasteiger charge is 2.22. The van der Waals surface area contributed by atoms with Crippen molar-refractivity contribution in [1.82, 2.24) is 0 Å². The molecule has 0 heterocycles. The fraction of sp³-hybridized carbons (Fsp3) is 1.00. The van der Waals surface area contributed by atoms with Gasteiger partial charge in [0.2, 0.25) is 0 Å². The van der Waals surface area contributed by atoms with E-state index in [4.69, 9.17) is 10.5 Å². The molecule has 0 aromatic heterocycles. The zero-order chi connectivity index (χ0) is 7.40. The molecule has 0 aromatic carbocycles. The number of nitrogens with two attached hydrogens (primary N) is 1. The molecule has 0 radical (unpaired) electrons. The van der Waals surface area contributed by atoms with E-state index in [1.807, 2.05) is 0 Å². The first-order chi connectivity index (χ1) is 4.86. The van der Waals surface area contributed by atoms with E-state index in [0.717, 1.165) is 18.9 Å². The number of hydrogen-bond acceptors (Lipinski definition) is 2. The molecule has 0 amide bonds. The zero-order valence-corrected chi connectivity index (χ0v) is 6.68. The molecule has 1 saturated carbocycles. The molecule has 1 atom stereocenters. The molecule has 10 heavy (non-hydrogen) atoms. The third-order valence-corrected chi connectivity index (χ3v) is 1.98. The summed E-state index contributed by atoms with van der Waals surface area (Å²) >= 11 is 0. The number of hydrogen-bond donors (Lipinski definition) is 1. The van der Waals surface area contributed by atoms with Crippen LogP contribution in [0.5, 0.6) is 0 Å². The summed E-state index contributed by atoms with van der Waals surface area (Å²) in [7, 11) is 0. The second-order valence-electron chi connectivity index (χ2n) is 3.04. The molecule has 1 fully saturated rings. The summed E-state index contributed by atoms with van der Waals surface area (Å²) < 4.78 is 5.54. The van der Waals surface area contributed by atoms with Gasteiger partial charge in [-0.25, -0.2) is 0 Å². The molecule has 1 aliphatic carbocycles. The fourth-order valence-electron chi connectivity index (χ4n) is 0.909. The Hall–Kier alpha value is -0.0800. The van der Waals surface area contributed by atoms with Gasteiger partial charge in [0.25, 0.3) is 0 Å². The Morgan fingerprint density at radius 1 is 1.60 bits per heavy atom. The van der Waals surface area contributed by atoms with Crippen LogP contribution in [0.3, 0.4) is 0 Å². The average molecular weight is 143 g/mol. The van der Waals surface area contributed by atoms with Crippen molar-refractivity contribution in [3.05, 3.63) is 0 Å². The lowest BCUT2D eigenvalue weighted by molar-refractivity contribution is 0.0494. The second-order valence-corrected chi connectivity index (χ2v) is 3.04. The van der Waals surface area contributed by atoms with Crippen LogP contribution in [-0.2, 0) is 4.74 Å². The number of rotatable bonds is 5. The Kier molecular flexibility index (Phi) is 3.16. The minimum absolute atomic E-state index is 0.306. The monoisotopic (exact) mass is 143 g/mol. The van der Waals surface area contributed by atoms with Gasteiger partial charge in [-0.05, 0) is 25.2 Å². The van der Waals surface area contributed by atoms with Gasteiger partial charge < -0.3 is 10.5 Å². The van der Waals surface area contributed by atoms with Crippen molar-refractivity contribution in [3.8, 4) is 0 Å². The fourth-order valence-corrected chi connectivity index (χ4v) is 0.909. The van der Waals surface area contributed by atoms with Gasteiger partial charge in [-0.1, -0.05) is 6.92 Å². The van der Waals surface area contributed by atoms with Crippen LogP contribution >= 0.6 is 0 Å². The minimum Gasteiger partial charge on any atom is -0.377 e. The van der Waals surface area contributed by atoms with Crippen LogP contribution < -0.4 is 5.73 Å². The summed E-state index contributed by atoms with van der Waals surface area (Å²) in [5.74, 6) is 0.862. The van der Waals surface area contributed by atoms with E-state index in [-0.39, 0.29) is 0 Å². The lowest BCUT2D eigenvalue weighted by atomic mass is 10.3. The summed E-state index contributed by atoms with van der Waals surface area (Å²) in [6, 6.07) is 0. The Morgan fingerprint density at radius 2 is 2.30 bits per heavy atom. The lowest BCUT2D eigenvalue weighted by Crippen LogP contribution is -2.23. The van der Waals surface area contributed by atoms with Gasteiger partial charge in [0.05, 0.1) is 6.10 Å². The van der Waals surface area contributed by atoms with Crippen LogP contribution in [0.4, 0.5) is 0 Å². The predicted molar refractivity (Wildman–Crippen MR) is 41.8 cm³/mol. The normalized spacial score (nSPS) is 21.0. The standard InChI is InChI=1S/C8H17NO/c1-2-8(5-9)10-6-7-3-4-7/h7-8H,2-6,9H2,1H3. The smallest absolute Gasteiger partial charge is 0.0694 e. The molecule has 0 aliphatic heterocycles. The maximum atomic E-state index is 5.54. The first kappa shape index (κ1) is 8.02. The summed E-state index contributed by atoms with van der Waals surface area (Å²) in [5.41, 5.74) is 5.46. The third kappa shape index (κ3) is 2.67. The van der Waals surface area contributed by atoms with Crippen LogP contribution in [0.1, 0.15) is 26.2 Å². The van der Waals surface area contributed by atoms with Crippen LogP contribution in [0.15, 0.2) is 0 Å². The quantitative estimate of drug-likeness (QED) is 0.626. The van der Waals surface area contributed by atoms with Gasteiger partial charge in [-0.15, -0.1) is 0 Å². The number of ether oxygens (including phenoxy) is 1. The largest absolute Gasteiger partial charge is 0.377 e. The van der Waals surface area contributed by atoms with E-state index in [1.165, 1.54) is 12.8 Å². The molecule has 1 aliphatic rings. The summed E-state index contributed by atoms with van der Waals surface area (Å²) in [6.45, 7) is 3.73. The summed E-state index contributed by atoms with van der Waals surface area (Å²) in [5, 5.41) is 0. The molecule has 2 heteroatoms. The van der Waals surface area contributed by atoms with Crippen molar-refractivity contribution >= 4 is 0 Å². The summed E-state index contributed by atoms with van der Waals surface area (Å²) in [4.78, 5) is 0. The maximum absolute atomic E-state index is 5.54. The first-order valence-corrected chi connectivity index (χ1v) is 4.18. The van der Waals surface area contributed by atoms with Crippen LogP contribution in [-0.4, -0.2) is 19.3 Å². The molecule has 2 nitrogen and oxygen atoms in total. The van der Waals surface area contributed by atoms with Crippen molar-refractivity contribution in [1.29, 1.82) is 0 Å². The molecule has 60 valence electrons. The molecule has 1 unspecified atom stereocenters. The Bertz CT molecular complexity index is 87.3. The van der Waals surface area contributed by atoms with Crippen molar-refractivity contribution in [2.45, 2.75) is 32.3 Å². The molecule has 0 saturated heterocycles. The van der Waals surface area contributed by atoms with Gasteiger partial charge in [0, 0.05) is 13.2 Å². The van der Waals surface area contributed by atoms with Crippen molar-refractivity contribution in [2.75, 3.05) is 13.2 Å². The zero-order valence-electron chi connectivity index (χ0n) is 6.68. The van der Waals surface area contributed by atoms with Gasteiger partial charge in [0.1, 0.15) is 0 Å². The minimum atomic E-state index is 0.306. The molecule has 1 rings (SSSR count). The Balaban J connectivity index is 1.97. The van der Waals surface area contributed by atoms with E-state index in [0.29, 0.717) is 12.6 Å². The van der Waals surface area contributed by atoms with Gasteiger partial charge >= 0.3 is 0 Å². The predicted octanol–water partition coefficient (Wildman–Crippen LogP) is 1.15. The van der Waals surface area contributed by atoms with Crippen molar-refractivity contribution in [2.24, 2.45) is 11.7 Å². The van der Waals surface area contributed by atoms with Gasteiger partial charge in [0.15, 0.2) is 0 Å². The Morgan fingerprint density at radius 3 is 2.70 bits per heavy atom. The lowest BCUT2D eigenvalue weighted by Gasteiger charge is -2.12. The van der Waals surface area contributed by atoms with Gasteiger partial charge in [-0.3, -0.25) is 0 Å². The van der Waals surface area contributed by atoms with Crippen molar-refractivity contribution in [3.63, 3.8) is 0 Å². The maximum Gasteiger partial charge on any atom is 0.0694 e. The van der Waals surface area contributed by atoms with E-state index in [9.17, 15) is 0 Å². The molecule has 0 aromatic rings. The first-order valence-electron chi connectivity index (χ1n) is 4.18. The third-order valence-electron chi connectivity index (χ3n) is 1.98. The summed E-state index contributed by atoms with van der Waals surface area (Å²) in [6.07, 6.45) is 4.08. The van der Waals surface area contributed by atoms with Crippen molar-refractivity contribution < 1.29 is 4.74 Å². The molecule has 0 spiro atoms. The van der Waals surface area contributed by atoms with E-state index >= 15 is 0 Å². The SMILES string of the molecule is CCC(CN)OCC1CC1. The highest BCUT2D eigenvalue weighted by Crippen LogP contribution is 2.29. The second kappa shape index (κ2) is 3.94. The van der Waals surface area contributed by atoms with Crippen LogP contribution in [0.25, 0.3) is 0 Å². The highest BCUT2D eigenvalue weighted by atomic mass is 16.5. The van der Waals surface area contributed by atoms with Crippen LogP contribution in [0, 0.1) is 5.92 Å². The highest BCUT2D eigenvalue weighted by molar-refractivity contribution is 4.72. The van der Waals surface area contributed by atoms with Gasteiger partial charge in [-0.2, -0.15) is 0 Å². The van der Waals surface area contributed by atoms with E-state index in [1.54, 1.807) is 0 Å². The van der Waals surface area contributed by atoms with E-state index in [2.05, 4.69) is 6.92 Å². The topological polar surface area (TPSA) is 35.2 Å². The molecule has 2 N–H and O–H groups in total. The molecule has 0 bridgehead atoms. The molecular weight excluding hydrogens is 126 g/mol. The average Bonchev–Trinajstić information content (AvgIpc) is 2.74. The Labute approximate surface area is 62.7 Å². The molecular formula is C8H17NO.